The quantitative estimate of drug-likeness (QED) is 0.735. The number of carbonyl (C=O) groups is 1. The van der Waals surface area contributed by atoms with Crippen LogP contribution in [0.1, 0.15) is 51.9 Å². The van der Waals surface area contributed by atoms with Gasteiger partial charge in [-0.2, -0.15) is 0 Å². The van der Waals surface area contributed by atoms with Gasteiger partial charge in [-0.05, 0) is 38.0 Å². The number of carbonyl (C=O) groups excluding carboxylic acids is 1. The van der Waals surface area contributed by atoms with Crippen molar-refractivity contribution in [2.45, 2.75) is 64.1 Å². The van der Waals surface area contributed by atoms with Crippen LogP contribution in [0.4, 0.5) is 0 Å². The maximum absolute atomic E-state index is 11.9. The van der Waals surface area contributed by atoms with Gasteiger partial charge in [-0.15, -0.1) is 0 Å². The topological polar surface area (TPSA) is 46.5 Å². The van der Waals surface area contributed by atoms with E-state index >= 15 is 0 Å². The van der Waals surface area contributed by atoms with Crippen molar-refractivity contribution in [3.8, 4) is 0 Å². The van der Waals surface area contributed by atoms with Crippen LogP contribution in [0.15, 0.2) is 0 Å². The highest BCUT2D eigenvalue weighted by molar-refractivity contribution is 5.73. The van der Waals surface area contributed by atoms with Crippen molar-refractivity contribution in [3.63, 3.8) is 0 Å². The summed E-state index contributed by atoms with van der Waals surface area (Å²) in [6, 6.07) is 0. The molecule has 2 aliphatic rings. The summed E-state index contributed by atoms with van der Waals surface area (Å²) in [7, 11) is 0. The molecule has 0 aromatic rings. The van der Waals surface area contributed by atoms with E-state index in [4.69, 9.17) is 4.74 Å². The van der Waals surface area contributed by atoms with Crippen LogP contribution in [0.5, 0.6) is 0 Å². The molecule has 2 rings (SSSR count). The summed E-state index contributed by atoms with van der Waals surface area (Å²) in [5.74, 6) is 0.457. The summed E-state index contributed by atoms with van der Waals surface area (Å²) in [6.07, 6.45) is 6.27. The molecule has 16 heavy (non-hydrogen) atoms. The number of aliphatic hydroxyl groups excluding tert-OH is 1. The number of hydrogen-bond acceptors (Lipinski definition) is 3. The Balaban J connectivity index is 1.86. The van der Waals surface area contributed by atoms with E-state index in [-0.39, 0.29) is 18.0 Å². The molecule has 0 heterocycles. The molecule has 0 aromatic heterocycles. The summed E-state index contributed by atoms with van der Waals surface area (Å²) in [6.45, 7) is 2.12. The summed E-state index contributed by atoms with van der Waals surface area (Å²) in [5, 5.41) is 9.75. The lowest BCUT2D eigenvalue weighted by atomic mass is 9.94. The SMILES string of the molecule is C[C@H]1CCC[C@@H]1C(=O)O[C@@H]1CCCC[C@H]1O. The standard InChI is InChI=1S/C13H22O3/c1-9-5-4-6-10(9)13(15)16-12-8-3-2-7-11(12)14/h9-12,14H,2-8H2,1H3/t9-,10-,11+,12+/m0/s1. The molecule has 0 unspecified atom stereocenters. The second-order valence-corrected chi connectivity index (χ2v) is 5.34. The van der Waals surface area contributed by atoms with Crippen LogP contribution in [-0.4, -0.2) is 23.3 Å². The van der Waals surface area contributed by atoms with E-state index in [1.54, 1.807) is 0 Å². The minimum atomic E-state index is -0.436. The Morgan fingerprint density at radius 2 is 1.88 bits per heavy atom. The van der Waals surface area contributed by atoms with Gasteiger partial charge in [-0.1, -0.05) is 19.8 Å². The van der Waals surface area contributed by atoms with Crippen LogP contribution in [-0.2, 0) is 9.53 Å². The molecule has 2 saturated carbocycles. The van der Waals surface area contributed by atoms with E-state index in [0.717, 1.165) is 44.9 Å². The first-order valence-electron chi connectivity index (χ1n) is 6.57. The normalized spacial score (nSPS) is 39.6. The largest absolute Gasteiger partial charge is 0.459 e. The molecular formula is C13H22O3. The van der Waals surface area contributed by atoms with Crippen molar-refractivity contribution >= 4 is 5.97 Å². The zero-order valence-corrected chi connectivity index (χ0v) is 10.0. The first kappa shape index (κ1) is 11.9. The highest BCUT2D eigenvalue weighted by atomic mass is 16.6. The van der Waals surface area contributed by atoms with Crippen molar-refractivity contribution in [1.29, 1.82) is 0 Å². The molecule has 1 N–H and O–H groups in total. The predicted octanol–water partition coefficient (Wildman–Crippen LogP) is 2.27. The highest BCUT2D eigenvalue weighted by Crippen LogP contribution is 2.33. The third-order valence-electron chi connectivity index (χ3n) is 4.10. The van der Waals surface area contributed by atoms with E-state index in [2.05, 4.69) is 6.92 Å². The van der Waals surface area contributed by atoms with Crippen molar-refractivity contribution in [1.82, 2.24) is 0 Å². The second kappa shape index (κ2) is 5.17. The third kappa shape index (κ3) is 2.57. The molecule has 0 aromatic carbocycles. The fourth-order valence-electron chi connectivity index (χ4n) is 2.95. The Morgan fingerprint density at radius 1 is 1.12 bits per heavy atom. The van der Waals surface area contributed by atoms with E-state index in [0.29, 0.717) is 5.92 Å². The van der Waals surface area contributed by atoms with Gasteiger partial charge >= 0.3 is 5.97 Å². The molecule has 4 atom stereocenters. The van der Waals surface area contributed by atoms with E-state index < -0.39 is 6.10 Å². The van der Waals surface area contributed by atoms with E-state index in [1.807, 2.05) is 0 Å². The Labute approximate surface area is 97.2 Å². The fourth-order valence-corrected chi connectivity index (χ4v) is 2.95. The van der Waals surface area contributed by atoms with Crippen LogP contribution in [0, 0.1) is 11.8 Å². The molecular weight excluding hydrogens is 204 g/mol. The van der Waals surface area contributed by atoms with Gasteiger partial charge in [0.15, 0.2) is 0 Å². The van der Waals surface area contributed by atoms with Gasteiger partial charge in [0.1, 0.15) is 6.10 Å². The first-order chi connectivity index (χ1) is 7.68. The molecule has 0 amide bonds. The molecule has 2 aliphatic carbocycles. The molecule has 3 nitrogen and oxygen atoms in total. The number of hydrogen-bond donors (Lipinski definition) is 1. The number of rotatable bonds is 2. The Kier molecular flexibility index (Phi) is 3.85. The van der Waals surface area contributed by atoms with Crippen LogP contribution in [0.2, 0.25) is 0 Å². The smallest absolute Gasteiger partial charge is 0.309 e. The van der Waals surface area contributed by atoms with Gasteiger partial charge in [0.05, 0.1) is 12.0 Å². The van der Waals surface area contributed by atoms with Crippen LogP contribution >= 0.6 is 0 Å². The molecule has 92 valence electrons. The number of esters is 1. The Hall–Kier alpha value is -0.570. The van der Waals surface area contributed by atoms with Gasteiger partial charge in [-0.25, -0.2) is 0 Å². The molecule has 0 aliphatic heterocycles. The fraction of sp³-hybridized carbons (Fsp3) is 0.923. The summed E-state index contributed by atoms with van der Waals surface area (Å²) < 4.78 is 5.47. The predicted molar refractivity (Wildman–Crippen MR) is 60.9 cm³/mol. The monoisotopic (exact) mass is 226 g/mol. The van der Waals surface area contributed by atoms with Gasteiger partial charge < -0.3 is 9.84 Å². The second-order valence-electron chi connectivity index (χ2n) is 5.34. The van der Waals surface area contributed by atoms with Gasteiger partial charge in [0, 0.05) is 0 Å². The first-order valence-corrected chi connectivity index (χ1v) is 6.57. The van der Waals surface area contributed by atoms with Crippen molar-refractivity contribution in [3.05, 3.63) is 0 Å². The molecule has 0 bridgehead atoms. The minimum Gasteiger partial charge on any atom is -0.459 e. The summed E-state index contributed by atoms with van der Waals surface area (Å²) in [5.41, 5.74) is 0. The average Bonchev–Trinajstić information content (AvgIpc) is 2.68. The zero-order chi connectivity index (χ0) is 11.5. The van der Waals surface area contributed by atoms with Gasteiger partial charge in [-0.3, -0.25) is 4.79 Å². The van der Waals surface area contributed by atoms with Crippen LogP contribution in [0.3, 0.4) is 0 Å². The van der Waals surface area contributed by atoms with Crippen LogP contribution < -0.4 is 0 Å². The van der Waals surface area contributed by atoms with Crippen molar-refractivity contribution in [2.24, 2.45) is 11.8 Å². The minimum absolute atomic E-state index is 0.0732. The maximum atomic E-state index is 11.9. The Bertz CT molecular complexity index is 252. The Morgan fingerprint density at radius 3 is 2.50 bits per heavy atom. The van der Waals surface area contributed by atoms with E-state index in [9.17, 15) is 9.90 Å². The lowest BCUT2D eigenvalue weighted by Gasteiger charge is -2.28. The van der Waals surface area contributed by atoms with Gasteiger partial charge in [0.25, 0.3) is 0 Å². The van der Waals surface area contributed by atoms with Gasteiger partial charge in [0.2, 0.25) is 0 Å². The van der Waals surface area contributed by atoms with Crippen LogP contribution in [0.25, 0.3) is 0 Å². The van der Waals surface area contributed by atoms with Crippen molar-refractivity contribution in [2.75, 3.05) is 0 Å². The lowest BCUT2D eigenvalue weighted by Crippen LogP contribution is -2.36. The highest BCUT2D eigenvalue weighted by Gasteiger charge is 2.34. The molecule has 2 fully saturated rings. The average molecular weight is 226 g/mol. The number of aliphatic hydroxyl groups is 1. The molecule has 0 radical (unpaired) electrons. The molecule has 0 saturated heterocycles. The summed E-state index contributed by atoms with van der Waals surface area (Å²) in [4.78, 5) is 11.9. The zero-order valence-electron chi connectivity index (χ0n) is 10.0. The summed E-state index contributed by atoms with van der Waals surface area (Å²) >= 11 is 0. The molecule has 3 heteroatoms. The third-order valence-corrected chi connectivity index (χ3v) is 4.10. The maximum Gasteiger partial charge on any atom is 0.309 e. The number of ether oxygens (including phenoxy) is 1. The molecule has 0 spiro atoms. The van der Waals surface area contributed by atoms with Crippen molar-refractivity contribution < 1.29 is 14.6 Å². The lowest BCUT2D eigenvalue weighted by molar-refractivity contribution is -0.163. The van der Waals surface area contributed by atoms with E-state index in [1.165, 1.54) is 0 Å².